The Morgan fingerprint density at radius 2 is 1.51 bits per heavy atom. The van der Waals surface area contributed by atoms with E-state index in [1.54, 1.807) is 12.2 Å². The number of allylic oxidation sites excluding steroid dienone is 4. The van der Waals surface area contributed by atoms with Gasteiger partial charge in [0.15, 0.2) is 6.10 Å². The predicted octanol–water partition coefficient (Wildman–Crippen LogP) is 7.37. The van der Waals surface area contributed by atoms with Crippen molar-refractivity contribution in [3.8, 4) is 0 Å². The number of Topliss-reactive ketones (excluding diaryl/α,β-unsaturated/α-hetero) is 1. The van der Waals surface area contributed by atoms with Crippen molar-refractivity contribution in [1.29, 1.82) is 0 Å². The minimum Gasteiger partial charge on any atom is -0.462 e. The molecule has 2 bridgehead atoms. The third kappa shape index (κ3) is 25.8. The number of hydrogen-bond acceptors (Lipinski definition) is 18. The standard InChI is InChI=1S/C50H83N3O18P2/c1-3-5-7-8-9-10-11-12-13-14-15-16-17-18-23-27-45(57)66-34-38-35-67-72(62,63)71-73(64,65)68-36-43-48(60)47(59)39(30-29-37(54)25-21-6-4-2)41(55)33-42(56)40(26-22-19-20-24-28-46(58)69-38)49(70-43)53-32-31-44(51)52-50(53)61/h10-11,19,22,29-32,37-41,43,47-49,54-55,59-60H,3-9,12-18,20-21,23-28,33-36H2,1-2H3,(H,62,63)(H,64,65)(H2,51,52,61)/b11-10-,22-19?,30-29?/t37-,38+,39-,40-,41+,43+,47-,48+,49+/m0/s1. The van der Waals surface area contributed by atoms with Crippen LogP contribution in [0.15, 0.2) is 53.5 Å². The molecule has 0 aromatic carbocycles. The highest BCUT2D eigenvalue weighted by molar-refractivity contribution is 7.61. The van der Waals surface area contributed by atoms with Gasteiger partial charge in [0.2, 0.25) is 0 Å². The number of hydrogen-bond donors (Lipinski definition) is 7. The minimum atomic E-state index is -5.72. The fourth-order valence-corrected chi connectivity index (χ4v) is 10.5. The number of ketones is 1. The van der Waals surface area contributed by atoms with Crippen LogP contribution in [0.2, 0.25) is 0 Å². The Kier molecular flexibility index (Phi) is 30.6. The maximum atomic E-state index is 14.3. The van der Waals surface area contributed by atoms with E-state index in [9.17, 15) is 58.5 Å². The van der Waals surface area contributed by atoms with Crippen LogP contribution in [-0.4, -0.2) is 114 Å². The number of nitrogens with two attached hydrogens (primary N) is 1. The Balaban J connectivity index is 1.77. The molecule has 23 heteroatoms. The number of nitrogens with zero attached hydrogens (tertiary/aromatic N) is 2. The summed E-state index contributed by atoms with van der Waals surface area (Å²) in [6.07, 6.45) is 15.5. The van der Waals surface area contributed by atoms with Crippen molar-refractivity contribution < 1.29 is 81.3 Å². The zero-order chi connectivity index (χ0) is 53.7. The summed E-state index contributed by atoms with van der Waals surface area (Å²) in [5.41, 5.74) is 4.72. The van der Waals surface area contributed by atoms with Gasteiger partial charge in [-0.3, -0.25) is 28.0 Å². The lowest BCUT2D eigenvalue weighted by atomic mass is 9.83. The number of fused-ring (bicyclic) bond motifs is 3. The number of carbonyl (C=O) groups excluding carboxylic acids is 3. The van der Waals surface area contributed by atoms with Crippen molar-refractivity contribution in [2.75, 3.05) is 25.6 Å². The summed E-state index contributed by atoms with van der Waals surface area (Å²) in [6, 6.07) is 1.21. The zero-order valence-electron chi connectivity index (χ0n) is 42.6. The number of cyclic esters (lactones) is 1. The fourth-order valence-electron chi connectivity index (χ4n) is 8.35. The maximum absolute atomic E-state index is 14.3. The number of rotatable bonds is 24. The number of ether oxygens (including phenoxy) is 3. The van der Waals surface area contributed by atoms with E-state index in [-0.39, 0.29) is 37.9 Å². The number of anilines is 1. The van der Waals surface area contributed by atoms with Gasteiger partial charge in [-0.05, 0) is 63.9 Å². The second-order valence-corrected chi connectivity index (χ2v) is 21.8. The number of aromatic nitrogens is 2. The third-order valence-electron chi connectivity index (χ3n) is 12.5. The van der Waals surface area contributed by atoms with E-state index in [1.165, 1.54) is 43.9 Å². The lowest BCUT2D eigenvalue weighted by Crippen LogP contribution is -2.51. The monoisotopic (exact) mass is 1080 g/mol. The number of aliphatic hydroxyl groups excluding tert-OH is 4. The summed E-state index contributed by atoms with van der Waals surface area (Å²) < 4.78 is 58.8. The van der Waals surface area contributed by atoms with E-state index in [1.807, 2.05) is 6.92 Å². The van der Waals surface area contributed by atoms with E-state index < -0.39 is 120 Å². The molecule has 21 nitrogen and oxygen atoms in total. The summed E-state index contributed by atoms with van der Waals surface area (Å²) in [5.74, 6) is -5.13. The van der Waals surface area contributed by atoms with E-state index in [4.69, 9.17) is 29.0 Å². The highest BCUT2D eigenvalue weighted by Gasteiger charge is 2.45. The average molecular weight is 1080 g/mol. The summed E-state index contributed by atoms with van der Waals surface area (Å²) >= 11 is 0. The number of carbonyl (C=O) groups is 3. The van der Waals surface area contributed by atoms with Crippen LogP contribution in [-0.2, 0) is 51.1 Å². The van der Waals surface area contributed by atoms with Crippen LogP contribution in [0.4, 0.5) is 5.82 Å². The van der Waals surface area contributed by atoms with E-state index in [0.29, 0.717) is 19.3 Å². The van der Waals surface area contributed by atoms with Gasteiger partial charge < -0.3 is 50.2 Å². The molecule has 3 rings (SSSR count). The Hall–Kier alpha value is -3.43. The number of unbranched alkanes of at least 4 members (excludes halogenated alkanes) is 13. The van der Waals surface area contributed by atoms with Crippen LogP contribution >= 0.6 is 15.6 Å². The van der Waals surface area contributed by atoms with E-state index >= 15 is 0 Å². The number of phosphoric ester groups is 2. The molecular formula is C50H83N3O18P2. The molecule has 73 heavy (non-hydrogen) atoms. The largest absolute Gasteiger partial charge is 0.481 e. The Bertz CT molecular complexity index is 2040. The number of nitrogen functional groups attached to an aromatic ring is 1. The lowest BCUT2D eigenvalue weighted by molar-refractivity contribution is -0.183. The molecule has 2 aliphatic rings. The lowest BCUT2D eigenvalue weighted by Gasteiger charge is -2.38. The SMILES string of the molecule is CCCCCC/C=C\CCCCCCCCCC(=O)OC[C@@H]1COP(=O)(O)OP(=O)(O)OC[C@H]2O[C@@H](n3ccc(N)nc3=O)[C@@H](CC=CCCCC(=O)O1)C(=O)C[C@@H](O)[C@H](C=C[C@@H](O)CCCCC)[C@H](O)[C@@H]2O. The second kappa shape index (κ2) is 35.0. The minimum absolute atomic E-state index is 0.0704. The van der Waals surface area contributed by atoms with Crippen LogP contribution in [0.1, 0.15) is 168 Å². The Morgan fingerprint density at radius 3 is 2.18 bits per heavy atom. The summed E-state index contributed by atoms with van der Waals surface area (Å²) in [4.78, 5) is 78.3. The van der Waals surface area contributed by atoms with Crippen molar-refractivity contribution in [1.82, 2.24) is 9.55 Å². The normalized spacial score (nSPS) is 29.0. The summed E-state index contributed by atoms with van der Waals surface area (Å²) in [6.45, 7) is 1.43. The molecule has 0 saturated carbocycles. The molecule has 0 amide bonds. The van der Waals surface area contributed by atoms with Crippen molar-refractivity contribution >= 4 is 39.2 Å². The first-order valence-corrected chi connectivity index (χ1v) is 29.1. The topological polar surface area (TPSA) is 323 Å². The number of aliphatic hydroxyl groups is 4. The van der Waals surface area contributed by atoms with E-state index in [0.717, 1.165) is 75.0 Å². The highest BCUT2D eigenvalue weighted by Crippen LogP contribution is 2.60. The zero-order valence-corrected chi connectivity index (χ0v) is 44.4. The average Bonchev–Trinajstić information content (AvgIpc) is 3.33. The van der Waals surface area contributed by atoms with Gasteiger partial charge in [0.05, 0.1) is 37.4 Å². The van der Waals surface area contributed by atoms with Crippen LogP contribution in [0.25, 0.3) is 0 Å². The first kappa shape index (κ1) is 63.9. The van der Waals surface area contributed by atoms with E-state index in [2.05, 4.69) is 28.4 Å². The molecule has 2 unspecified atom stereocenters. The van der Waals surface area contributed by atoms with Crippen LogP contribution in [0.5, 0.6) is 0 Å². The summed E-state index contributed by atoms with van der Waals surface area (Å²) in [5, 5.41) is 45.4. The molecule has 1 aromatic heterocycles. The van der Waals surface area contributed by atoms with Gasteiger partial charge in [0.1, 0.15) is 36.6 Å². The van der Waals surface area contributed by atoms with Crippen LogP contribution in [0, 0.1) is 11.8 Å². The van der Waals surface area contributed by atoms with Crippen molar-refractivity contribution in [2.45, 2.75) is 204 Å². The van der Waals surface area contributed by atoms with Gasteiger partial charge in [-0.25, -0.2) is 13.9 Å². The van der Waals surface area contributed by atoms with Crippen LogP contribution in [0.3, 0.4) is 0 Å². The molecule has 1 fully saturated rings. The van der Waals surface area contributed by atoms with Gasteiger partial charge in [-0.2, -0.15) is 9.29 Å². The predicted molar refractivity (Wildman–Crippen MR) is 271 cm³/mol. The van der Waals surface area contributed by atoms with Crippen molar-refractivity contribution in [3.63, 3.8) is 0 Å². The first-order valence-electron chi connectivity index (χ1n) is 26.1. The Morgan fingerprint density at radius 1 is 0.877 bits per heavy atom. The number of esters is 2. The molecule has 0 aliphatic carbocycles. The molecule has 0 radical (unpaired) electrons. The fraction of sp³-hybridized carbons (Fsp3) is 0.740. The molecule has 2 aliphatic heterocycles. The molecule has 1 aromatic rings. The molecule has 1 saturated heterocycles. The van der Waals surface area contributed by atoms with Gasteiger partial charge in [-0.15, -0.1) is 0 Å². The molecule has 0 spiro atoms. The number of phosphoric acid groups is 2. The molecule has 8 N–H and O–H groups in total. The molecule has 11 atom stereocenters. The highest BCUT2D eigenvalue weighted by atomic mass is 31.3. The first-order chi connectivity index (χ1) is 34.9. The Labute approximate surface area is 429 Å². The molecule has 416 valence electrons. The quantitative estimate of drug-likeness (QED) is 0.0230. The summed E-state index contributed by atoms with van der Waals surface area (Å²) in [7, 11) is -11.3. The third-order valence-corrected chi connectivity index (χ3v) is 15.1. The molecular weight excluding hydrogens is 993 g/mol. The van der Waals surface area contributed by atoms with Crippen molar-refractivity contribution in [3.05, 3.63) is 59.2 Å². The van der Waals surface area contributed by atoms with Crippen LogP contribution < -0.4 is 11.4 Å². The molecule has 3 heterocycles. The van der Waals surface area contributed by atoms with Gasteiger partial charge >= 0.3 is 33.3 Å². The van der Waals surface area contributed by atoms with Gasteiger partial charge in [0, 0.05) is 31.4 Å². The van der Waals surface area contributed by atoms with Gasteiger partial charge in [-0.1, -0.05) is 121 Å². The second-order valence-electron chi connectivity index (χ2n) is 18.8. The smallest absolute Gasteiger partial charge is 0.462 e. The maximum Gasteiger partial charge on any atom is 0.481 e. The van der Waals surface area contributed by atoms with Gasteiger partial charge in [0.25, 0.3) is 0 Å². The van der Waals surface area contributed by atoms with Crippen molar-refractivity contribution in [2.24, 2.45) is 11.8 Å².